The topological polar surface area (TPSA) is 50.8 Å². The highest BCUT2D eigenvalue weighted by Gasteiger charge is 2.10. The average Bonchev–Trinajstić information content (AvgIpc) is 2.53. The minimum atomic E-state index is -0.420. The molecule has 21 heavy (non-hydrogen) atoms. The Morgan fingerprint density at radius 3 is 2.19 bits per heavy atom. The number of nitrogens with zero attached hydrogens (tertiary/aromatic N) is 1. The van der Waals surface area contributed by atoms with Crippen molar-refractivity contribution in [2.24, 2.45) is 0 Å². The summed E-state index contributed by atoms with van der Waals surface area (Å²) in [6.07, 6.45) is -0.420. The summed E-state index contributed by atoms with van der Waals surface area (Å²) in [5, 5.41) is 2.78. The van der Waals surface area contributed by atoms with Crippen LogP contribution in [0.25, 0.3) is 0 Å². The normalized spacial score (nSPS) is 11.1. The fraction of sp³-hybridized carbons (Fsp3) is 0.562. The monoisotopic (exact) mass is 294 g/mol. The fourth-order valence-corrected chi connectivity index (χ4v) is 2.01. The molecule has 0 unspecified atom stereocenters. The number of hydrogen-bond donors (Lipinski definition) is 1. The number of hydrogen-bond acceptors (Lipinski definition) is 4. The molecule has 1 rings (SSSR count). The van der Waals surface area contributed by atoms with Crippen LogP contribution in [-0.2, 0) is 16.0 Å². The van der Waals surface area contributed by atoms with E-state index in [4.69, 9.17) is 9.47 Å². The van der Waals surface area contributed by atoms with Crippen molar-refractivity contribution < 1.29 is 14.3 Å². The molecule has 1 amide bonds. The van der Waals surface area contributed by atoms with Crippen molar-refractivity contribution >= 4 is 5.91 Å². The predicted octanol–water partition coefficient (Wildman–Crippen LogP) is 1.88. The molecule has 1 aromatic carbocycles. The van der Waals surface area contributed by atoms with Gasteiger partial charge in [-0.15, -0.1) is 0 Å². The molecule has 5 nitrogen and oxygen atoms in total. The molecule has 0 fully saturated rings. The van der Waals surface area contributed by atoms with Crippen LogP contribution in [0.1, 0.15) is 29.8 Å². The summed E-state index contributed by atoms with van der Waals surface area (Å²) in [6.45, 7) is 7.57. The van der Waals surface area contributed by atoms with Crippen molar-refractivity contribution in [3.63, 3.8) is 0 Å². The van der Waals surface area contributed by atoms with Crippen LogP contribution < -0.4 is 5.32 Å². The van der Waals surface area contributed by atoms with Crippen molar-refractivity contribution in [3.8, 4) is 0 Å². The molecule has 1 N–H and O–H groups in total. The third-order valence-electron chi connectivity index (χ3n) is 3.47. The van der Waals surface area contributed by atoms with Crippen LogP contribution in [0.4, 0.5) is 0 Å². The van der Waals surface area contributed by atoms with Gasteiger partial charge in [0, 0.05) is 26.3 Å². The van der Waals surface area contributed by atoms with Crippen LogP contribution >= 0.6 is 0 Å². The van der Waals surface area contributed by atoms with Crippen LogP contribution in [0.15, 0.2) is 24.3 Å². The zero-order valence-electron chi connectivity index (χ0n) is 13.4. The lowest BCUT2D eigenvalue weighted by atomic mass is 10.1. The number of amides is 1. The van der Waals surface area contributed by atoms with Crippen LogP contribution in [0.3, 0.4) is 0 Å². The van der Waals surface area contributed by atoms with Gasteiger partial charge in [-0.25, -0.2) is 0 Å². The highest BCUT2D eigenvalue weighted by molar-refractivity contribution is 5.94. The smallest absolute Gasteiger partial charge is 0.251 e. The van der Waals surface area contributed by atoms with E-state index in [9.17, 15) is 4.79 Å². The second kappa shape index (κ2) is 9.50. The van der Waals surface area contributed by atoms with Crippen LogP contribution in [0.5, 0.6) is 0 Å². The van der Waals surface area contributed by atoms with Gasteiger partial charge in [-0.1, -0.05) is 26.0 Å². The SMILES string of the molecule is CCN(CC)Cc1ccc(C(=O)NCC(OC)OC)cc1. The molecule has 0 aliphatic carbocycles. The molecule has 118 valence electrons. The molecular weight excluding hydrogens is 268 g/mol. The van der Waals surface area contributed by atoms with Crippen molar-refractivity contribution in [1.82, 2.24) is 10.2 Å². The summed E-state index contributed by atoms with van der Waals surface area (Å²) in [4.78, 5) is 14.3. The van der Waals surface area contributed by atoms with E-state index >= 15 is 0 Å². The average molecular weight is 294 g/mol. The molecule has 0 atom stereocenters. The molecule has 1 aromatic rings. The standard InChI is InChI=1S/C16H26N2O3/c1-5-18(6-2)12-13-7-9-14(10-8-13)16(19)17-11-15(20-3)21-4/h7-10,15H,5-6,11-12H2,1-4H3,(H,17,19). The first-order valence-electron chi connectivity index (χ1n) is 7.29. The maximum Gasteiger partial charge on any atom is 0.251 e. The first-order valence-corrected chi connectivity index (χ1v) is 7.29. The lowest BCUT2D eigenvalue weighted by Gasteiger charge is -2.18. The Hall–Kier alpha value is -1.43. The molecule has 0 aliphatic rings. The van der Waals surface area contributed by atoms with Gasteiger partial charge in [-0.2, -0.15) is 0 Å². The molecular formula is C16H26N2O3. The predicted molar refractivity (Wildman–Crippen MR) is 83.2 cm³/mol. The van der Waals surface area contributed by atoms with Gasteiger partial charge in [0.1, 0.15) is 0 Å². The Morgan fingerprint density at radius 1 is 1.14 bits per heavy atom. The van der Waals surface area contributed by atoms with Crippen molar-refractivity contribution in [1.29, 1.82) is 0 Å². The van der Waals surface area contributed by atoms with E-state index in [-0.39, 0.29) is 5.91 Å². The highest BCUT2D eigenvalue weighted by atomic mass is 16.7. The molecule has 5 heteroatoms. The minimum Gasteiger partial charge on any atom is -0.354 e. The van der Waals surface area contributed by atoms with Gasteiger partial charge in [-0.05, 0) is 30.8 Å². The summed E-state index contributed by atoms with van der Waals surface area (Å²) < 4.78 is 10.1. The van der Waals surface area contributed by atoms with Gasteiger partial charge in [0.25, 0.3) is 5.91 Å². The van der Waals surface area contributed by atoms with E-state index in [2.05, 4.69) is 24.1 Å². The Kier molecular flexibility index (Phi) is 7.97. The number of carbonyl (C=O) groups is 1. The van der Waals surface area contributed by atoms with Gasteiger partial charge in [0.05, 0.1) is 6.54 Å². The highest BCUT2D eigenvalue weighted by Crippen LogP contribution is 2.07. The first kappa shape index (κ1) is 17.6. The Labute approximate surface area is 127 Å². The number of methoxy groups -OCH3 is 2. The molecule has 0 spiro atoms. The molecule has 0 bridgehead atoms. The van der Waals surface area contributed by atoms with Crippen LogP contribution in [0, 0.1) is 0 Å². The molecule has 0 aliphatic heterocycles. The Balaban J connectivity index is 2.54. The quantitative estimate of drug-likeness (QED) is 0.707. The number of nitrogens with one attached hydrogen (secondary N) is 1. The number of carbonyl (C=O) groups excluding carboxylic acids is 1. The third kappa shape index (κ3) is 5.83. The Bertz CT molecular complexity index is 412. The molecule has 0 radical (unpaired) electrons. The summed E-state index contributed by atoms with van der Waals surface area (Å²) in [7, 11) is 3.09. The summed E-state index contributed by atoms with van der Waals surface area (Å²) in [5.74, 6) is -0.122. The van der Waals surface area contributed by atoms with Gasteiger partial charge < -0.3 is 14.8 Å². The van der Waals surface area contributed by atoms with E-state index in [0.29, 0.717) is 12.1 Å². The van der Waals surface area contributed by atoms with Gasteiger partial charge in [0.15, 0.2) is 6.29 Å². The van der Waals surface area contributed by atoms with E-state index in [1.165, 1.54) is 5.56 Å². The molecule has 0 saturated carbocycles. The lowest BCUT2D eigenvalue weighted by molar-refractivity contribution is -0.0974. The van der Waals surface area contributed by atoms with Crippen LogP contribution in [0.2, 0.25) is 0 Å². The second-order valence-corrected chi connectivity index (χ2v) is 4.77. The molecule has 0 heterocycles. The number of rotatable bonds is 9. The number of ether oxygens (including phenoxy) is 2. The first-order chi connectivity index (χ1) is 10.1. The maximum atomic E-state index is 12.0. The zero-order valence-corrected chi connectivity index (χ0v) is 13.4. The van der Waals surface area contributed by atoms with E-state index < -0.39 is 6.29 Å². The van der Waals surface area contributed by atoms with Gasteiger partial charge >= 0.3 is 0 Å². The lowest BCUT2D eigenvalue weighted by Crippen LogP contribution is -2.34. The molecule has 0 aromatic heterocycles. The Morgan fingerprint density at radius 2 is 1.71 bits per heavy atom. The fourth-order valence-electron chi connectivity index (χ4n) is 2.01. The summed E-state index contributed by atoms with van der Waals surface area (Å²) >= 11 is 0. The van der Waals surface area contributed by atoms with E-state index in [1.54, 1.807) is 14.2 Å². The van der Waals surface area contributed by atoms with Gasteiger partial charge in [0.2, 0.25) is 0 Å². The van der Waals surface area contributed by atoms with Crippen molar-refractivity contribution in [3.05, 3.63) is 35.4 Å². The van der Waals surface area contributed by atoms with Crippen molar-refractivity contribution in [2.45, 2.75) is 26.7 Å². The van der Waals surface area contributed by atoms with Crippen LogP contribution in [-0.4, -0.2) is 51.0 Å². The summed E-state index contributed by atoms with van der Waals surface area (Å²) in [6, 6.07) is 7.69. The minimum absolute atomic E-state index is 0.122. The third-order valence-corrected chi connectivity index (χ3v) is 3.47. The molecule has 0 saturated heterocycles. The van der Waals surface area contributed by atoms with Gasteiger partial charge in [-0.3, -0.25) is 9.69 Å². The van der Waals surface area contributed by atoms with Crippen molar-refractivity contribution in [2.75, 3.05) is 33.9 Å². The van der Waals surface area contributed by atoms with E-state index in [0.717, 1.165) is 19.6 Å². The maximum absolute atomic E-state index is 12.0. The summed E-state index contributed by atoms with van der Waals surface area (Å²) in [5.41, 5.74) is 1.85. The van der Waals surface area contributed by atoms with E-state index in [1.807, 2.05) is 24.3 Å². The number of benzene rings is 1. The largest absolute Gasteiger partial charge is 0.354 e. The second-order valence-electron chi connectivity index (χ2n) is 4.77. The zero-order chi connectivity index (χ0) is 15.7.